The average Bonchev–Trinajstić information content (AvgIpc) is 2.71. The van der Waals surface area contributed by atoms with Gasteiger partial charge in [0.1, 0.15) is 5.75 Å². The maximum atomic E-state index is 12.8. The monoisotopic (exact) mass is 387 g/mol. The standard InChI is InChI=1S/C26H29NO2/c1-19-15-16-23(22(17-19)26(2,3)4)29-18-24(28)27-25(20-11-7-5-8-12-20)21-13-9-6-10-14-21/h5-17,25H,18H2,1-4H3,(H,27,28). The van der Waals surface area contributed by atoms with Gasteiger partial charge in [0.05, 0.1) is 6.04 Å². The minimum atomic E-state index is -0.214. The molecule has 0 radical (unpaired) electrons. The van der Waals surface area contributed by atoms with Crippen molar-refractivity contribution in [2.24, 2.45) is 0 Å². The van der Waals surface area contributed by atoms with E-state index in [1.807, 2.05) is 72.8 Å². The molecule has 0 aliphatic carbocycles. The summed E-state index contributed by atoms with van der Waals surface area (Å²) < 4.78 is 5.94. The molecule has 0 fully saturated rings. The van der Waals surface area contributed by atoms with Crippen LogP contribution in [0.3, 0.4) is 0 Å². The van der Waals surface area contributed by atoms with Gasteiger partial charge in [0, 0.05) is 0 Å². The average molecular weight is 388 g/mol. The van der Waals surface area contributed by atoms with Crippen molar-refractivity contribution < 1.29 is 9.53 Å². The van der Waals surface area contributed by atoms with Gasteiger partial charge in [-0.15, -0.1) is 0 Å². The zero-order valence-electron chi connectivity index (χ0n) is 17.6. The predicted molar refractivity (Wildman–Crippen MR) is 118 cm³/mol. The van der Waals surface area contributed by atoms with E-state index in [1.54, 1.807) is 0 Å². The van der Waals surface area contributed by atoms with Gasteiger partial charge in [0.25, 0.3) is 5.91 Å². The van der Waals surface area contributed by atoms with Gasteiger partial charge in [-0.25, -0.2) is 0 Å². The summed E-state index contributed by atoms with van der Waals surface area (Å²) in [6.45, 7) is 8.49. The normalized spacial score (nSPS) is 11.3. The zero-order chi connectivity index (χ0) is 20.9. The summed E-state index contributed by atoms with van der Waals surface area (Å²) in [4.78, 5) is 12.8. The Morgan fingerprint density at radius 3 is 1.97 bits per heavy atom. The van der Waals surface area contributed by atoms with Crippen molar-refractivity contribution in [3.8, 4) is 5.75 Å². The van der Waals surface area contributed by atoms with Gasteiger partial charge in [-0.05, 0) is 35.1 Å². The molecule has 29 heavy (non-hydrogen) atoms. The molecule has 3 nitrogen and oxygen atoms in total. The van der Waals surface area contributed by atoms with E-state index in [2.05, 4.69) is 39.1 Å². The number of carbonyl (C=O) groups is 1. The number of ether oxygens (including phenoxy) is 1. The number of nitrogens with one attached hydrogen (secondary N) is 1. The van der Waals surface area contributed by atoms with Crippen LogP contribution in [0.15, 0.2) is 78.9 Å². The lowest BCUT2D eigenvalue weighted by Gasteiger charge is -2.24. The number of aryl methyl sites for hydroxylation is 1. The molecule has 3 rings (SSSR count). The Morgan fingerprint density at radius 2 is 1.45 bits per heavy atom. The van der Waals surface area contributed by atoms with Crippen LogP contribution < -0.4 is 10.1 Å². The molecule has 0 unspecified atom stereocenters. The first-order valence-electron chi connectivity index (χ1n) is 9.98. The van der Waals surface area contributed by atoms with Crippen molar-refractivity contribution in [1.82, 2.24) is 5.32 Å². The SMILES string of the molecule is Cc1ccc(OCC(=O)NC(c2ccccc2)c2ccccc2)c(C(C)(C)C)c1. The van der Waals surface area contributed by atoms with E-state index in [-0.39, 0.29) is 24.0 Å². The second kappa shape index (κ2) is 8.95. The number of hydrogen-bond donors (Lipinski definition) is 1. The van der Waals surface area contributed by atoms with Crippen molar-refractivity contribution in [3.05, 3.63) is 101 Å². The Labute approximate surface area is 173 Å². The first-order chi connectivity index (χ1) is 13.8. The lowest BCUT2D eigenvalue weighted by atomic mass is 9.85. The first-order valence-corrected chi connectivity index (χ1v) is 9.98. The number of amides is 1. The summed E-state index contributed by atoms with van der Waals surface area (Å²) in [5, 5.41) is 3.13. The van der Waals surface area contributed by atoms with Crippen LogP contribution in [-0.4, -0.2) is 12.5 Å². The maximum absolute atomic E-state index is 12.8. The second-order valence-electron chi connectivity index (χ2n) is 8.36. The van der Waals surface area contributed by atoms with Crippen LogP contribution in [0.1, 0.15) is 49.1 Å². The van der Waals surface area contributed by atoms with Crippen LogP contribution in [0.5, 0.6) is 5.75 Å². The van der Waals surface area contributed by atoms with Crippen molar-refractivity contribution >= 4 is 5.91 Å². The highest BCUT2D eigenvalue weighted by Crippen LogP contribution is 2.32. The lowest BCUT2D eigenvalue weighted by molar-refractivity contribution is -0.123. The zero-order valence-corrected chi connectivity index (χ0v) is 17.6. The van der Waals surface area contributed by atoms with E-state index < -0.39 is 0 Å². The minimum Gasteiger partial charge on any atom is -0.483 e. The van der Waals surface area contributed by atoms with Gasteiger partial charge in [0.2, 0.25) is 0 Å². The Bertz CT molecular complexity index is 904. The summed E-state index contributed by atoms with van der Waals surface area (Å²) in [7, 11) is 0. The molecule has 3 aromatic carbocycles. The molecular weight excluding hydrogens is 358 g/mol. The molecule has 0 aromatic heterocycles. The highest BCUT2D eigenvalue weighted by Gasteiger charge is 2.21. The van der Waals surface area contributed by atoms with Crippen LogP contribution in [0.4, 0.5) is 0 Å². The first kappa shape index (κ1) is 20.7. The van der Waals surface area contributed by atoms with E-state index in [1.165, 1.54) is 5.56 Å². The molecular formula is C26H29NO2. The van der Waals surface area contributed by atoms with Crippen molar-refractivity contribution in [2.75, 3.05) is 6.61 Å². The number of hydrogen-bond acceptors (Lipinski definition) is 2. The van der Waals surface area contributed by atoms with Gasteiger partial charge < -0.3 is 10.1 Å². The minimum absolute atomic E-state index is 0.0255. The Hall–Kier alpha value is -3.07. The van der Waals surface area contributed by atoms with Crippen LogP contribution in [0.2, 0.25) is 0 Å². The Morgan fingerprint density at radius 1 is 0.897 bits per heavy atom. The molecule has 0 saturated carbocycles. The fourth-order valence-corrected chi connectivity index (χ4v) is 3.35. The van der Waals surface area contributed by atoms with E-state index in [0.717, 1.165) is 22.4 Å². The molecule has 150 valence electrons. The molecule has 0 atom stereocenters. The summed E-state index contributed by atoms with van der Waals surface area (Å²) in [6.07, 6.45) is 0. The molecule has 0 aliphatic heterocycles. The smallest absolute Gasteiger partial charge is 0.258 e. The highest BCUT2D eigenvalue weighted by molar-refractivity contribution is 5.78. The van der Waals surface area contributed by atoms with E-state index in [9.17, 15) is 4.79 Å². The van der Waals surface area contributed by atoms with E-state index in [4.69, 9.17) is 4.74 Å². The molecule has 1 amide bonds. The Kier molecular flexibility index (Phi) is 6.38. The topological polar surface area (TPSA) is 38.3 Å². The molecule has 0 spiro atoms. The van der Waals surface area contributed by atoms with Crippen LogP contribution in [0, 0.1) is 6.92 Å². The summed E-state index contributed by atoms with van der Waals surface area (Å²) in [5.41, 5.74) is 4.30. The van der Waals surface area contributed by atoms with Crippen molar-refractivity contribution in [1.29, 1.82) is 0 Å². The maximum Gasteiger partial charge on any atom is 0.258 e. The molecule has 0 heterocycles. The van der Waals surface area contributed by atoms with E-state index in [0.29, 0.717) is 0 Å². The predicted octanol–water partition coefficient (Wildman–Crippen LogP) is 5.58. The van der Waals surface area contributed by atoms with Gasteiger partial charge in [0.15, 0.2) is 6.61 Å². The third kappa shape index (κ3) is 5.47. The Balaban J connectivity index is 1.75. The molecule has 3 aromatic rings. The van der Waals surface area contributed by atoms with E-state index >= 15 is 0 Å². The summed E-state index contributed by atoms with van der Waals surface area (Å²) >= 11 is 0. The lowest BCUT2D eigenvalue weighted by Crippen LogP contribution is -2.33. The highest BCUT2D eigenvalue weighted by atomic mass is 16.5. The quantitative estimate of drug-likeness (QED) is 0.600. The summed E-state index contributed by atoms with van der Waals surface area (Å²) in [6, 6.07) is 25.9. The third-order valence-corrected chi connectivity index (χ3v) is 4.87. The summed E-state index contributed by atoms with van der Waals surface area (Å²) in [5.74, 6) is 0.609. The number of benzene rings is 3. The van der Waals surface area contributed by atoms with Crippen LogP contribution >= 0.6 is 0 Å². The van der Waals surface area contributed by atoms with Crippen LogP contribution in [0.25, 0.3) is 0 Å². The molecule has 3 heteroatoms. The van der Waals surface area contributed by atoms with Crippen molar-refractivity contribution in [3.63, 3.8) is 0 Å². The molecule has 1 N–H and O–H groups in total. The second-order valence-corrected chi connectivity index (χ2v) is 8.36. The molecule has 0 bridgehead atoms. The molecule has 0 saturated heterocycles. The fraction of sp³-hybridized carbons (Fsp3) is 0.269. The van der Waals surface area contributed by atoms with Gasteiger partial charge >= 0.3 is 0 Å². The van der Waals surface area contributed by atoms with Crippen LogP contribution in [-0.2, 0) is 10.2 Å². The third-order valence-electron chi connectivity index (χ3n) is 4.87. The van der Waals surface area contributed by atoms with Gasteiger partial charge in [-0.1, -0.05) is 99.1 Å². The number of rotatable bonds is 6. The number of carbonyl (C=O) groups excluding carboxylic acids is 1. The van der Waals surface area contributed by atoms with Gasteiger partial charge in [-0.2, -0.15) is 0 Å². The molecule has 0 aliphatic rings. The largest absolute Gasteiger partial charge is 0.483 e. The van der Waals surface area contributed by atoms with Gasteiger partial charge in [-0.3, -0.25) is 4.79 Å². The fourth-order valence-electron chi connectivity index (χ4n) is 3.35. The van der Waals surface area contributed by atoms with Crippen molar-refractivity contribution in [2.45, 2.75) is 39.2 Å².